The monoisotopic (exact) mass is 238 g/mol. The molecule has 1 saturated heterocycles. The maximum atomic E-state index is 11.2. The van der Waals surface area contributed by atoms with Crippen molar-refractivity contribution in [2.24, 2.45) is 0 Å². The fourth-order valence-electron chi connectivity index (χ4n) is 1.81. The summed E-state index contributed by atoms with van der Waals surface area (Å²) >= 11 is 0. The molecule has 0 spiro atoms. The standard InChI is InChI=1S/C12H18N2OS/c15-16-10-8-14(9-11-16)7-6-13-12-4-2-1-3-5-12/h1-5,13H,6-11H2. The predicted molar refractivity (Wildman–Crippen MR) is 69.2 cm³/mol. The van der Waals surface area contributed by atoms with Crippen LogP contribution in [0.4, 0.5) is 5.69 Å². The Morgan fingerprint density at radius 1 is 1.19 bits per heavy atom. The second-order valence-corrected chi connectivity index (χ2v) is 5.68. The van der Waals surface area contributed by atoms with Crippen molar-refractivity contribution in [2.75, 3.05) is 43.0 Å². The number of rotatable bonds is 4. The summed E-state index contributed by atoms with van der Waals surface area (Å²) in [6, 6.07) is 10.2. The average molecular weight is 238 g/mol. The third-order valence-corrected chi connectivity index (χ3v) is 4.08. The van der Waals surface area contributed by atoms with Crippen molar-refractivity contribution >= 4 is 16.5 Å². The Hall–Kier alpha value is -0.870. The zero-order valence-electron chi connectivity index (χ0n) is 9.39. The molecule has 88 valence electrons. The van der Waals surface area contributed by atoms with Gasteiger partial charge in [0.05, 0.1) is 0 Å². The van der Waals surface area contributed by atoms with Crippen molar-refractivity contribution in [2.45, 2.75) is 0 Å². The van der Waals surface area contributed by atoms with Gasteiger partial charge in [0.2, 0.25) is 0 Å². The molecule has 0 saturated carbocycles. The lowest BCUT2D eigenvalue weighted by atomic mass is 10.3. The number of anilines is 1. The maximum Gasteiger partial charge on any atom is 0.0363 e. The van der Waals surface area contributed by atoms with E-state index in [1.165, 1.54) is 5.69 Å². The van der Waals surface area contributed by atoms with Gasteiger partial charge < -0.3 is 5.32 Å². The molecular weight excluding hydrogens is 220 g/mol. The number of nitrogens with one attached hydrogen (secondary N) is 1. The highest BCUT2D eigenvalue weighted by Gasteiger charge is 2.13. The minimum atomic E-state index is -0.564. The summed E-state index contributed by atoms with van der Waals surface area (Å²) in [6.45, 7) is 3.94. The van der Waals surface area contributed by atoms with E-state index in [2.05, 4.69) is 22.3 Å². The molecule has 0 amide bonds. The quantitative estimate of drug-likeness (QED) is 0.854. The van der Waals surface area contributed by atoms with Gasteiger partial charge in [0, 0.05) is 54.2 Å². The highest BCUT2D eigenvalue weighted by atomic mass is 32.2. The SMILES string of the molecule is O=S1CCN(CCNc2ccccc2)CC1. The third kappa shape index (κ3) is 3.61. The van der Waals surface area contributed by atoms with Crippen molar-refractivity contribution in [3.8, 4) is 0 Å². The molecule has 3 nitrogen and oxygen atoms in total. The minimum absolute atomic E-state index is 0.564. The van der Waals surface area contributed by atoms with Gasteiger partial charge >= 0.3 is 0 Å². The first-order valence-electron chi connectivity index (χ1n) is 5.71. The molecule has 1 aliphatic heterocycles. The Balaban J connectivity index is 1.67. The molecule has 2 rings (SSSR count). The maximum absolute atomic E-state index is 11.2. The van der Waals surface area contributed by atoms with Gasteiger partial charge in [-0.3, -0.25) is 9.11 Å². The Morgan fingerprint density at radius 3 is 2.56 bits per heavy atom. The van der Waals surface area contributed by atoms with Gasteiger partial charge in [-0.05, 0) is 12.1 Å². The first kappa shape index (κ1) is 11.6. The van der Waals surface area contributed by atoms with Gasteiger partial charge in [0.1, 0.15) is 0 Å². The number of hydrogen-bond acceptors (Lipinski definition) is 3. The van der Waals surface area contributed by atoms with Crippen LogP contribution in [0.25, 0.3) is 0 Å². The molecular formula is C12H18N2OS. The van der Waals surface area contributed by atoms with E-state index in [1.54, 1.807) is 0 Å². The van der Waals surface area contributed by atoms with E-state index in [4.69, 9.17) is 0 Å². The Kier molecular flexibility index (Phi) is 4.36. The fraction of sp³-hybridized carbons (Fsp3) is 0.500. The van der Waals surface area contributed by atoms with Crippen molar-refractivity contribution < 1.29 is 4.21 Å². The Bertz CT molecular complexity index is 332. The van der Waals surface area contributed by atoms with Crippen LogP contribution in [0.3, 0.4) is 0 Å². The zero-order valence-corrected chi connectivity index (χ0v) is 10.2. The minimum Gasteiger partial charge on any atom is -0.384 e. The lowest BCUT2D eigenvalue weighted by Gasteiger charge is -2.26. The van der Waals surface area contributed by atoms with E-state index < -0.39 is 10.8 Å². The van der Waals surface area contributed by atoms with E-state index in [9.17, 15) is 4.21 Å². The Labute approximate surface area is 99.3 Å². The molecule has 0 radical (unpaired) electrons. The second-order valence-electron chi connectivity index (χ2n) is 3.98. The molecule has 1 fully saturated rings. The van der Waals surface area contributed by atoms with Crippen LogP contribution in [0, 0.1) is 0 Å². The summed E-state index contributed by atoms with van der Waals surface area (Å²) < 4.78 is 11.2. The molecule has 0 bridgehead atoms. The van der Waals surface area contributed by atoms with Crippen LogP contribution in [0.15, 0.2) is 30.3 Å². The zero-order chi connectivity index (χ0) is 11.2. The highest BCUT2D eigenvalue weighted by Crippen LogP contribution is 2.05. The summed E-state index contributed by atoms with van der Waals surface area (Å²) in [5, 5.41) is 3.39. The topological polar surface area (TPSA) is 32.3 Å². The van der Waals surface area contributed by atoms with E-state index >= 15 is 0 Å². The first-order chi connectivity index (χ1) is 7.84. The van der Waals surface area contributed by atoms with E-state index in [1.807, 2.05) is 18.2 Å². The van der Waals surface area contributed by atoms with E-state index in [-0.39, 0.29) is 0 Å². The smallest absolute Gasteiger partial charge is 0.0363 e. The molecule has 1 N–H and O–H groups in total. The Morgan fingerprint density at radius 2 is 1.88 bits per heavy atom. The number of hydrogen-bond donors (Lipinski definition) is 1. The third-order valence-electron chi connectivity index (χ3n) is 2.80. The van der Waals surface area contributed by atoms with Gasteiger partial charge in [-0.1, -0.05) is 18.2 Å². The van der Waals surface area contributed by atoms with Gasteiger partial charge in [0.25, 0.3) is 0 Å². The molecule has 1 aliphatic rings. The lowest BCUT2D eigenvalue weighted by Crippen LogP contribution is -2.40. The predicted octanol–water partition coefficient (Wildman–Crippen LogP) is 1.16. The van der Waals surface area contributed by atoms with E-state index in [0.717, 1.165) is 37.7 Å². The normalized spacial score (nSPS) is 18.5. The molecule has 0 atom stereocenters. The molecule has 0 aromatic heterocycles. The summed E-state index contributed by atoms with van der Waals surface area (Å²) in [4.78, 5) is 2.37. The van der Waals surface area contributed by atoms with Crippen LogP contribution >= 0.6 is 0 Å². The molecule has 1 aromatic rings. The first-order valence-corrected chi connectivity index (χ1v) is 7.19. The lowest BCUT2D eigenvalue weighted by molar-refractivity contribution is 0.311. The second kappa shape index (κ2) is 6.01. The van der Waals surface area contributed by atoms with Crippen molar-refractivity contribution in [3.63, 3.8) is 0 Å². The van der Waals surface area contributed by atoms with Crippen molar-refractivity contribution in [1.82, 2.24) is 4.90 Å². The number of benzene rings is 1. The van der Waals surface area contributed by atoms with Crippen LogP contribution in [0.2, 0.25) is 0 Å². The number of nitrogens with zero attached hydrogens (tertiary/aromatic N) is 1. The molecule has 4 heteroatoms. The fourth-order valence-corrected chi connectivity index (χ4v) is 2.94. The number of para-hydroxylation sites is 1. The molecule has 0 unspecified atom stereocenters. The largest absolute Gasteiger partial charge is 0.384 e. The van der Waals surface area contributed by atoms with Gasteiger partial charge in [-0.25, -0.2) is 0 Å². The van der Waals surface area contributed by atoms with Crippen LogP contribution in [0.1, 0.15) is 0 Å². The van der Waals surface area contributed by atoms with Gasteiger partial charge in [-0.15, -0.1) is 0 Å². The summed E-state index contributed by atoms with van der Waals surface area (Å²) in [5.41, 5.74) is 1.17. The van der Waals surface area contributed by atoms with Crippen LogP contribution in [-0.4, -0.2) is 46.8 Å². The summed E-state index contributed by atoms with van der Waals surface area (Å²) in [6.07, 6.45) is 0. The highest BCUT2D eigenvalue weighted by molar-refractivity contribution is 7.85. The summed E-state index contributed by atoms with van der Waals surface area (Å²) in [5.74, 6) is 1.68. The van der Waals surface area contributed by atoms with Crippen LogP contribution < -0.4 is 5.32 Å². The van der Waals surface area contributed by atoms with Crippen molar-refractivity contribution in [3.05, 3.63) is 30.3 Å². The molecule has 0 aliphatic carbocycles. The van der Waals surface area contributed by atoms with Crippen LogP contribution in [0.5, 0.6) is 0 Å². The van der Waals surface area contributed by atoms with Crippen LogP contribution in [-0.2, 0) is 10.8 Å². The molecule has 16 heavy (non-hydrogen) atoms. The summed E-state index contributed by atoms with van der Waals surface area (Å²) in [7, 11) is -0.564. The van der Waals surface area contributed by atoms with Crippen molar-refractivity contribution in [1.29, 1.82) is 0 Å². The average Bonchev–Trinajstić information content (AvgIpc) is 2.33. The van der Waals surface area contributed by atoms with E-state index in [0.29, 0.717) is 0 Å². The molecule has 1 aromatic carbocycles. The van der Waals surface area contributed by atoms with Gasteiger partial charge in [0.15, 0.2) is 0 Å². The van der Waals surface area contributed by atoms with Gasteiger partial charge in [-0.2, -0.15) is 0 Å². The molecule has 1 heterocycles.